The number of non-ortho nitro benzene ring substituents is 1. The van der Waals surface area contributed by atoms with Gasteiger partial charge in [-0.15, -0.1) is 0 Å². The van der Waals surface area contributed by atoms with Crippen LogP contribution in [0.4, 0.5) is 23.1 Å². The monoisotopic (exact) mass is 574 g/mol. The number of nitrogens with zero attached hydrogens (tertiary/aromatic N) is 5. The van der Waals surface area contributed by atoms with Gasteiger partial charge in [-0.25, -0.2) is 9.78 Å². The molecule has 218 valence electrons. The minimum Gasteiger partial charge on any atom is -0.496 e. The molecule has 0 bridgehead atoms. The van der Waals surface area contributed by atoms with E-state index >= 15 is 0 Å². The van der Waals surface area contributed by atoms with Crippen LogP contribution in [0.2, 0.25) is 0 Å². The quantitative estimate of drug-likeness (QED) is 0.205. The average molecular weight is 575 g/mol. The third kappa shape index (κ3) is 5.95. The second kappa shape index (κ2) is 12.1. The van der Waals surface area contributed by atoms with Gasteiger partial charge in [-0.2, -0.15) is 4.98 Å². The van der Waals surface area contributed by atoms with Gasteiger partial charge in [0.25, 0.3) is 5.69 Å². The summed E-state index contributed by atoms with van der Waals surface area (Å²) in [6.07, 6.45) is 0. The van der Waals surface area contributed by atoms with Crippen molar-refractivity contribution in [2.45, 2.75) is 6.54 Å². The van der Waals surface area contributed by atoms with Crippen LogP contribution >= 0.6 is 0 Å². The largest absolute Gasteiger partial charge is 0.496 e. The van der Waals surface area contributed by atoms with Crippen LogP contribution in [0.1, 0.15) is 15.9 Å². The number of piperazine rings is 1. The van der Waals surface area contributed by atoms with Gasteiger partial charge in [0.1, 0.15) is 11.6 Å². The number of nitro groups is 1. The number of anilines is 3. The zero-order valence-electron chi connectivity index (χ0n) is 23.4. The van der Waals surface area contributed by atoms with Crippen molar-refractivity contribution < 1.29 is 29.0 Å². The van der Waals surface area contributed by atoms with Gasteiger partial charge in [-0.3, -0.25) is 15.0 Å². The number of rotatable bonds is 10. The molecular weight excluding hydrogens is 544 g/mol. The number of aromatic nitrogens is 2. The molecule has 0 saturated carbocycles. The smallest absolute Gasteiger partial charge is 0.335 e. The van der Waals surface area contributed by atoms with Gasteiger partial charge in [0, 0.05) is 67.6 Å². The predicted octanol–water partition coefficient (Wildman–Crippen LogP) is 4.33. The number of methoxy groups -OCH3 is 3. The Bertz CT molecular complexity index is 1620. The van der Waals surface area contributed by atoms with Gasteiger partial charge < -0.3 is 29.5 Å². The number of nitrogens with one attached hydrogen (secondary N) is 1. The fourth-order valence-electron chi connectivity index (χ4n) is 4.85. The van der Waals surface area contributed by atoms with Crippen LogP contribution < -0.4 is 24.4 Å². The lowest BCUT2D eigenvalue weighted by Gasteiger charge is -2.35. The van der Waals surface area contributed by atoms with Gasteiger partial charge in [0.2, 0.25) is 5.95 Å². The normalized spacial score (nSPS) is 13.5. The molecule has 1 fully saturated rings. The Morgan fingerprint density at radius 2 is 1.60 bits per heavy atom. The van der Waals surface area contributed by atoms with Crippen molar-refractivity contribution in [3.8, 4) is 17.2 Å². The predicted molar refractivity (Wildman–Crippen MR) is 156 cm³/mol. The third-order valence-corrected chi connectivity index (χ3v) is 7.11. The van der Waals surface area contributed by atoms with Crippen LogP contribution in [0.25, 0.3) is 10.9 Å². The molecule has 0 atom stereocenters. The molecule has 1 aromatic heterocycles. The molecule has 3 aromatic carbocycles. The van der Waals surface area contributed by atoms with Crippen molar-refractivity contribution in [1.29, 1.82) is 0 Å². The van der Waals surface area contributed by atoms with Crippen molar-refractivity contribution in [1.82, 2.24) is 14.9 Å². The Morgan fingerprint density at radius 1 is 0.929 bits per heavy atom. The van der Waals surface area contributed by atoms with E-state index in [4.69, 9.17) is 24.2 Å². The summed E-state index contributed by atoms with van der Waals surface area (Å²) in [5.41, 5.74) is 2.18. The maximum absolute atomic E-state index is 11.5. The summed E-state index contributed by atoms with van der Waals surface area (Å²) < 4.78 is 16.5. The second-order valence-electron chi connectivity index (χ2n) is 9.62. The first-order chi connectivity index (χ1) is 20.3. The van der Waals surface area contributed by atoms with E-state index in [-0.39, 0.29) is 11.3 Å². The number of carbonyl (C=O) groups is 1. The standard InChI is InChI=1S/C29H30N6O7/c1-40-24-16-26(42-3)25(41-2)14-19(24)17-33-10-12-34(13-11-33)29-31-23-9-8-21(35(38)39)15-22(23)27(32-29)30-20-6-4-18(5-7-20)28(36)37/h4-9,14-16H,10-13,17H2,1-3H3,(H,36,37)(H,30,31,32). The molecule has 2 N–H and O–H groups in total. The van der Waals surface area contributed by atoms with E-state index in [9.17, 15) is 20.0 Å². The lowest BCUT2D eigenvalue weighted by molar-refractivity contribution is -0.384. The van der Waals surface area contributed by atoms with Crippen molar-refractivity contribution in [2.24, 2.45) is 0 Å². The summed E-state index contributed by atoms with van der Waals surface area (Å²) in [5.74, 6) is 1.80. The molecule has 0 spiro atoms. The van der Waals surface area contributed by atoms with Crippen molar-refractivity contribution in [2.75, 3.05) is 57.7 Å². The molecule has 1 saturated heterocycles. The summed E-state index contributed by atoms with van der Waals surface area (Å²) in [5, 5.41) is 24.3. The minimum absolute atomic E-state index is 0.0812. The van der Waals surface area contributed by atoms with Crippen molar-refractivity contribution >= 4 is 40.0 Å². The maximum atomic E-state index is 11.5. The van der Waals surface area contributed by atoms with Crippen LogP contribution in [-0.2, 0) is 6.54 Å². The van der Waals surface area contributed by atoms with Gasteiger partial charge in [0.15, 0.2) is 11.5 Å². The lowest BCUT2D eigenvalue weighted by atomic mass is 10.1. The van der Waals surface area contributed by atoms with Crippen molar-refractivity contribution in [3.63, 3.8) is 0 Å². The van der Waals surface area contributed by atoms with E-state index < -0.39 is 10.9 Å². The highest BCUT2D eigenvalue weighted by molar-refractivity contribution is 5.94. The summed E-state index contributed by atoms with van der Waals surface area (Å²) in [6.45, 7) is 3.43. The zero-order valence-corrected chi connectivity index (χ0v) is 23.4. The number of carboxylic acid groups (broad SMARTS) is 1. The highest BCUT2D eigenvalue weighted by Gasteiger charge is 2.23. The number of aromatic carboxylic acids is 1. The summed E-state index contributed by atoms with van der Waals surface area (Å²) in [4.78, 5) is 36.1. The average Bonchev–Trinajstić information content (AvgIpc) is 3.01. The number of hydrogen-bond acceptors (Lipinski definition) is 11. The zero-order chi connectivity index (χ0) is 29.8. The number of fused-ring (bicyclic) bond motifs is 1. The van der Waals surface area contributed by atoms with Crippen LogP contribution in [0, 0.1) is 10.1 Å². The Morgan fingerprint density at radius 3 is 2.21 bits per heavy atom. The molecule has 13 heteroatoms. The van der Waals surface area contributed by atoms with Crippen molar-refractivity contribution in [3.05, 3.63) is 75.8 Å². The Balaban J connectivity index is 1.38. The number of benzene rings is 3. The minimum atomic E-state index is -1.03. The molecule has 0 amide bonds. The number of nitro benzene ring substituents is 1. The fraction of sp³-hybridized carbons (Fsp3) is 0.276. The van der Waals surface area contributed by atoms with E-state index in [1.54, 1.807) is 39.5 Å². The molecule has 0 unspecified atom stereocenters. The van der Waals surface area contributed by atoms with E-state index in [1.165, 1.54) is 24.3 Å². The topological polar surface area (TPSA) is 152 Å². The van der Waals surface area contributed by atoms with Gasteiger partial charge >= 0.3 is 5.97 Å². The molecule has 1 aliphatic rings. The van der Waals surface area contributed by atoms with E-state index in [0.29, 0.717) is 65.2 Å². The van der Waals surface area contributed by atoms with Gasteiger partial charge in [-0.05, 0) is 36.4 Å². The van der Waals surface area contributed by atoms with Crippen LogP contribution in [-0.4, -0.2) is 78.4 Å². The maximum Gasteiger partial charge on any atom is 0.335 e. The van der Waals surface area contributed by atoms with Crippen LogP contribution in [0.3, 0.4) is 0 Å². The van der Waals surface area contributed by atoms with E-state index in [2.05, 4.69) is 15.1 Å². The molecule has 0 radical (unpaired) electrons. The fourth-order valence-corrected chi connectivity index (χ4v) is 4.85. The summed E-state index contributed by atoms with van der Waals surface area (Å²) in [6, 6.07) is 14.4. The molecule has 42 heavy (non-hydrogen) atoms. The van der Waals surface area contributed by atoms with Gasteiger partial charge in [-0.1, -0.05) is 0 Å². The molecular formula is C29H30N6O7. The first kappa shape index (κ1) is 28.4. The third-order valence-electron chi connectivity index (χ3n) is 7.11. The summed E-state index contributed by atoms with van der Waals surface area (Å²) in [7, 11) is 4.81. The Labute approximate surface area is 241 Å². The second-order valence-corrected chi connectivity index (χ2v) is 9.62. The molecule has 5 rings (SSSR count). The van der Waals surface area contributed by atoms with E-state index in [0.717, 1.165) is 18.7 Å². The highest BCUT2D eigenvalue weighted by Crippen LogP contribution is 2.35. The van der Waals surface area contributed by atoms with Gasteiger partial charge in [0.05, 0.1) is 37.3 Å². The Hall–Kier alpha value is -5.17. The first-order valence-electron chi connectivity index (χ1n) is 13.1. The molecule has 13 nitrogen and oxygen atoms in total. The Kier molecular flexibility index (Phi) is 8.20. The molecule has 1 aliphatic heterocycles. The number of ether oxygens (including phenoxy) is 3. The van der Waals surface area contributed by atoms with E-state index in [1.807, 2.05) is 12.1 Å². The molecule has 0 aliphatic carbocycles. The number of carboxylic acids is 1. The molecule has 2 heterocycles. The first-order valence-corrected chi connectivity index (χ1v) is 13.1. The number of hydrogen-bond donors (Lipinski definition) is 2. The van der Waals surface area contributed by atoms with Crippen LogP contribution in [0.15, 0.2) is 54.6 Å². The summed E-state index contributed by atoms with van der Waals surface area (Å²) >= 11 is 0. The highest BCUT2D eigenvalue weighted by atomic mass is 16.6. The molecule has 4 aromatic rings. The lowest BCUT2D eigenvalue weighted by Crippen LogP contribution is -2.46. The SMILES string of the molecule is COc1cc(OC)c(OC)cc1CN1CCN(c2nc(Nc3ccc(C(=O)O)cc3)c3cc([N+](=O)[O-])ccc3n2)CC1. The van der Waals surface area contributed by atoms with Crippen LogP contribution in [0.5, 0.6) is 17.2 Å².